The lowest BCUT2D eigenvalue weighted by atomic mass is 9.81. The minimum atomic E-state index is -1.93. The molecular formula is C8H10O6. The molecule has 0 atom stereocenters. The fraction of sp³-hybridized carbons (Fsp3) is 0.375. The molecule has 0 aromatic rings. The lowest BCUT2D eigenvalue weighted by Gasteiger charge is -2.21. The normalized spacial score (nSPS) is 10.6. The summed E-state index contributed by atoms with van der Waals surface area (Å²) >= 11 is 0. The van der Waals surface area contributed by atoms with E-state index < -0.39 is 36.2 Å². The molecular weight excluding hydrogens is 192 g/mol. The number of rotatable bonds is 6. The average molecular weight is 202 g/mol. The van der Waals surface area contributed by atoms with E-state index in [1.165, 1.54) is 0 Å². The van der Waals surface area contributed by atoms with E-state index in [2.05, 4.69) is 6.58 Å². The van der Waals surface area contributed by atoms with Gasteiger partial charge in [-0.15, -0.1) is 6.58 Å². The molecule has 0 saturated carbocycles. The first-order chi connectivity index (χ1) is 6.34. The van der Waals surface area contributed by atoms with Crippen molar-refractivity contribution < 1.29 is 29.7 Å². The van der Waals surface area contributed by atoms with Gasteiger partial charge in [0.05, 0.1) is 12.8 Å². The number of carboxylic acid groups (broad SMARTS) is 3. The van der Waals surface area contributed by atoms with Gasteiger partial charge in [0.2, 0.25) is 0 Å². The van der Waals surface area contributed by atoms with Crippen LogP contribution in [0.15, 0.2) is 12.7 Å². The van der Waals surface area contributed by atoms with Crippen LogP contribution in [0, 0.1) is 5.41 Å². The summed E-state index contributed by atoms with van der Waals surface area (Å²) in [5, 5.41) is 25.6. The van der Waals surface area contributed by atoms with E-state index in [0.29, 0.717) is 0 Å². The van der Waals surface area contributed by atoms with Gasteiger partial charge in [0.1, 0.15) is 5.41 Å². The van der Waals surface area contributed by atoms with Gasteiger partial charge < -0.3 is 15.3 Å². The van der Waals surface area contributed by atoms with Gasteiger partial charge in [0.25, 0.3) is 0 Å². The zero-order valence-electron chi connectivity index (χ0n) is 7.27. The van der Waals surface area contributed by atoms with Crippen LogP contribution in [0.3, 0.4) is 0 Å². The Morgan fingerprint density at radius 1 is 1.07 bits per heavy atom. The van der Waals surface area contributed by atoms with E-state index in [9.17, 15) is 14.4 Å². The molecule has 0 aliphatic heterocycles. The van der Waals surface area contributed by atoms with Crippen LogP contribution in [-0.4, -0.2) is 33.2 Å². The van der Waals surface area contributed by atoms with Crippen LogP contribution in [-0.2, 0) is 14.4 Å². The standard InChI is InChI=1S/C8H10O6/c1-2-8(7(13)14,3-5(9)10)4-6(11)12/h2H,1,3-4H2,(H,9,10)(H,11,12)(H,13,14). The average Bonchev–Trinajstić information content (AvgIpc) is 2.00. The van der Waals surface area contributed by atoms with Crippen LogP contribution < -0.4 is 0 Å². The molecule has 0 amide bonds. The van der Waals surface area contributed by atoms with Gasteiger partial charge in [-0.3, -0.25) is 14.4 Å². The van der Waals surface area contributed by atoms with Crippen molar-refractivity contribution in [2.24, 2.45) is 5.41 Å². The summed E-state index contributed by atoms with van der Waals surface area (Å²) < 4.78 is 0. The number of carbonyl (C=O) groups is 3. The third-order valence-electron chi connectivity index (χ3n) is 1.75. The van der Waals surface area contributed by atoms with Gasteiger partial charge >= 0.3 is 17.9 Å². The van der Waals surface area contributed by atoms with E-state index >= 15 is 0 Å². The summed E-state index contributed by atoms with van der Waals surface area (Å²) in [5.41, 5.74) is -1.93. The zero-order chi connectivity index (χ0) is 11.4. The first-order valence-corrected chi connectivity index (χ1v) is 3.64. The molecule has 0 aliphatic rings. The third-order valence-corrected chi connectivity index (χ3v) is 1.75. The molecule has 0 aromatic carbocycles. The highest BCUT2D eigenvalue weighted by Crippen LogP contribution is 2.28. The molecule has 0 aromatic heterocycles. The zero-order valence-corrected chi connectivity index (χ0v) is 7.27. The summed E-state index contributed by atoms with van der Waals surface area (Å²) in [7, 11) is 0. The molecule has 0 rings (SSSR count). The van der Waals surface area contributed by atoms with E-state index in [1.54, 1.807) is 0 Å². The summed E-state index contributed by atoms with van der Waals surface area (Å²) in [6.45, 7) is 3.15. The van der Waals surface area contributed by atoms with Gasteiger partial charge in [-0.2, -0.15) is 0 Å². The topological polar surface area (TPSA) is 112 Å². The van der Waals surface area contributed by atoms with Crippen molar-refractivity contribution in [2.75, 3.05) is 0 Å². The number of hydrogen-bond acceptors (Lipinski definition) is 3. The minimum Gasteiger partial charge on any atom is -0.481 e. The largest absolute Gasteiger partial charge is 0.481 e. The van der Waals surface area contributed by atoms with Crippen LogP contribution in [0.1, 0.15) is 12.8 Å². The Bertz CT molecular complexity index is 264. The van der Waals surface area contributed by atoms with Crippen LogP contribution >= 0.6 is 0 Å². The lowest BCUT2D eigenvalue weighted by Crippen LogP contribution is -2.33. The van der Waals surface area contributed by atoms with Crippen molar-refractivity contribution in [2.45, 2.75) is 12.8 Å². The predicted molar refractivity (Wildman–Crippen MR) is 44.8 cm³/mol. The fourth-order valence-electron chi connectivity index (χ4n) is 0.985. The highest BCUT2D eigenvalue weighted by molar-refractivity contribution is 5.87. The molecule has 6 nitrogen and oxygen atoms in total. The number of hydrogen-bond donors (Lipinski definition) is 3. The molecule has 0 spiro atoms. The van der Waals surface area contributed by atoms with E-state index in [4.69, 9.17) is 15.3 Å². The highest BCUT2D eigenvalue weighted by atomic mass is 16.4. The molecule has 0 radical (unpaired) electrons. The predicted octanol–water partition coefficient (Wildman–Crippen LogP) is 0.193. The van der Waals surface area contributed by atoms with Crippen LogP contribution in [0.25, 0.3) is 0 Å². The molecule has 0 bridgehead atoms. The summed E-state index contributed by atoms with van der Waals surface area (Å²) in [5.74, 6) is -4.26. The van der Waals surface area contributed by atoms with E-state index in [-0.39, 0.29) is 0 Å². The second kappa shape index (κ2) is 4.40. The van der Waals surface area contributed by atoms with Gasteiger partial charge in [0.15, 0.2) is 0 Å². The lowest BCUT2D eigenvalue weighted by molar-refractivity contribution is -0.157. The second-order valence-corrected chi connectivity index (χ2v) is 2.81. The Kier molecular flexibility index (Phi) is 3.82. The molecule has 0 unspecified atom stereocenters. The molecule has 0 aliphatic carbocycles. The molecule has 6 heteroatoms. The Balaban J connectivity index is 4.97. The van der Waals surface area contributed by atoms with Gasteiger partial charge in [-0.25, -0.2) is 0 Å². The maximum atomic E-state index is 10.7. The molecule has 14 heavy (non-hydrogen) atoms. The Labute approximate surface area is 79.5 Å². The maximum absolute atomic E-state index is 10.7. The summed E-state index contributed by atoms with van der Waals surface area (Å²) in [6.07, 6.45) is -0.742. The van der Waals surface area contributed by atoms with Crippen molar-refractivity contribution in [3.63, 3.8) is 0 Å². The first-order valence-electron chi connectivity index (χ1n) is 3.64. The van der Waals surface area contributed by atoms with Crippen LogP contribution in [0.4, 0.5) is 0 Å². The Morgan fingerprint density at radius 2 is 1.43 bits per heavy atom. The van der Waals surface area contributed by atoms with Crippen molar-refractivity contribution in [3.8, 4) is 0 Å². The SMILES string of the molecule is C=CC(CC(=O)O)(CC(=O)O)C(=O)O. The summed E-state index contributed by atoms with van der Waals surface area (Å²) in [4.78, 5) is 31.4. The van der Waals surface area contributed by atoms with Gasteiger partial charge in [-0.1, -0.05) is 6.08 Å². The maximum Gasteiger partial charge on any atom is 0.314 e. The monoisotopic (exact) mass is 202 g/mol. The third kappa shape index (κ3) is 2.89. The number of aliphatic carboxylic acids is 3. The molecule has 0 fully saturated rings. The molecule has 78 valence electrons. The number of carboxylic acids is 3. The minimum absolute atomic E-state index is 0.794. The highest BCUT2D eigenvalue weighted by Gasteiger charge is 2.40. The molecule has 0 saturated heterocycles. The van der Waals surface area contributed by atoms with E-state index in [1.807, 2.05) is 0 Å². The van der Waals surface area contributed by atoms with Crippen molar-refractivity contribution in [3.05, 3.63) is 12.7 Å². The van der Waals surface area contributed by atoms with Crippen molar-refractivity contribution in [1.82, 2.24) is 0 Å². The van der Waals surface area contributed by atoms with Crippen LogP contribution in [0.5, 0.6) is 0 Å². The van der Waals surface area contributed by atoms with Crippen LogP contribution in [0.2, 0.25) is 0 Å². The second-order valence-electron chi connectivity index (χ2n) is 2.81. The van der Waals surface area contributed by atoms with Crippen molar-refractivity contribution >= 4 is 17.9 Å². The molecule has 0 heterocycles. The van der Waals surface area contributed by atoms with E-state index in [0.717, 1.165) is 6.08 Å². The first kappa shape index (κ1) is 12.2. The summed E-state index contributed by atoms with van der Waals surface area (Å²) in [6, 6.07) is 0. The van der Waals surface area contributed by atoms with Gasteiger partial charge in [0, 0.05) is 0 Å². The Morgan fingerprint density at radius 3 is 1.57 bits per heavy atom. The van der Waals surface area contributed by atoms with Gasteiger partial charge in [-0.05, 0) is 0 Å². The fourth-order valence-corrected chi connectivity index (χ4v) is 0.985. The molecule has 3 N–H and O–H groups in total. The quantitative estimate of drug-likeness (QED) is 0.530. The smallest absolute Gasteiger partial charge is 0.314 e. The Hall–Kier alpha value is -1.85. The van der Waals surface area contributed by atoms with Crippen molar-refractivity contribution in [1.29, 1.82) is 0 Å².